The molecule has 22 heavy (non-hydrogen) atoms. The molecule has 0 aromatic heterocycles. The first kappa shape index (κ1) is 17.5. The summed E-state index contributed by atoms with van der Waals surface area (Å²) in [6.45, 7) is 6.68. The Morgan fingerprint density at radius 2 is 1.68 bits per heavy atom. The number of ether oxygens (including phenoxy) is 2. The van der Waals surface area contributed by atoms with Gasteiger partial charge < -0.3 is 13.9 Å². The maximum absolute atomic E-state index is 11.9. The van der Waals surface area contributed by atoms with Crippen LogP contribution in [0.2, 0.25) is 19.6 Å². The zero-order valence-corrected chi connectivity index (χ0v) is 15.4. The van der Waals surface area contributed by atoms with Gasteiger partial charge in [-0.2, -0.15) is 0 Å². The Hall–Kier alpha value is -0.813. The highest BCUT2D eigenvalue weighted by Gasteiger charge is 2.33. The largest absolute Gasteiger partial charge is 0.492 e. The lowest BCUT2D eigenvalue weighted by atomic mass is 10.1. The van der Waals surface area contributed by atoms with Crippen molar-refractivity contribution < 1.29 is 18.7 Å². The van der Waals surface area contributed by atoms with Gasteiger partial charge in [0.05, 0.1) is 18.8 Å². The van der Waals surface area contributed by atoms with E-state index in [1.807, 2.05) is 0 Å². The Kier molecular flexibility index (Phi) is 6.09. The molecule has 0 bridgehead atoms. The van der Waals surface area contributed by atoms with Gasteiger partial charge in [0.2, 0.25) is 0 Å². The molecule has 2 aliphatic carbocycles. The normalized spacial score (nSPS) is 26.7. The van der Waals surface area contributed by atoms with Gasteiger partial charge in [0.1, 0.15) is 11.9 Å². The average molecular weight is 327 g/mol. The van der Waals surface area contributed by atoms with Crippen molar-refractivity contribution in [1.29, 1.82) is 0 Å². The fraction of sp³-hybridized carbons (Fsp3) is 0.824. The van der Waals surface area contributed by atoms with Crippen molar-refractivity contribution in [2.45, 2.75) is 83.2 Å². The van der Waals surface area contributed by atoms with Crippen LogP contribution in [-0.2, 0) is 18.7 Å². The molecule has 0 heterocycles. The van der Waals surface area contributed by atoms with Crippen LogP contribution >= 0.6 is 0 Å². The molecule has 0 N–H and O–H groups in total. The smallest absolute Gasteiger partial charge is 0.337 e. The molecule has 0 aromatic carbocycles. The lowest BCUT2D eigenvalue weighted by molar-refractivity contribution is -0.136. The summed E-state index contributed by atoms with van der Waals surface area (Å²) in [6.07, 6.45) is 8.57. The molecule has 0 aromatic rings. The number of hydrogen-bond acceptors (Lipinski definition) is 4. The van der Waals surface area contributed by atoms with Crippen LogP contribution in [0.1, 0.15) is 51.4 Å². The van der Waals surface area contributed by atoms with E-state index in [0.29, 0.717) is 0 Å². The Morgan fingerprint density at radius 3 is 2.32 bits per heavy atom. The van der Waals surface area contributed by atoms with E-state index in [1.54, 1.807) is 0 Å². The lowest BCUT2D eigenvalue weighted by Crippen LogP contribution is -2.39. The molecule has 0 aliphatic heterocycles. The second kappa shape index (κ2) is 7.64. The zero-order valence-electron chi connectivity index (χ0n) is 14.4. The van der Waals surface area contributed by atoms with Crippen LogP contribution in [-0.4, -0.2) is 33.6 Å². The van der Waals surface area contributed by atoms with Crippen molar-refractivity contribution in [3.63, 3.8) is 0 Å². The van der Waals surface area contributed by atoms with Crippen molar-refractivity contribution in [3.05, 3.63) is 11.3 Å². The van der Waals surface area contributed by atoms with E-state index in [4.69, 9.17) is 13.9 Å². The monoisotopic (exact) mass is 326 g/mol. The molecule has 126 valence electrons. The molecule has 2 atom stereocenters. The summed E-state index contributed by atoms with van der Waals surface area (Å²) in [4.78, 5) is 11.9. The molecule has 0 unspecified atom stereocenters. The number of carbonyl (C=O) groups is 1. The Morgan fingerprint density at radius 1 is 1.00 bits per heavy atom. The molecular weight excluding hydrogens is 296 g/mol. The van der Waals surface area contributed by atoms with Crippen LogP contribution < -0.4 is 0 Å². The highest BCUT2D eigenvalue weighted by atomic mass is 28.4. The minimum atomic E-state index is -1.60. The predicted molar refractivity (Wildman–Crippen MR) is 89.1 cm³/mol. The van der Waals surface area contributed by atoms with Crippen LogP contribution in [0.5, 0.6) is 0 Å². The minimum absolute atomic E-state index is 0.0852. The van der Waals surface area contributed by atoms with Crippen molar-refractivity contribution >= 4 is 14.3 Å². The summed E-state index contributed by atoms with van der Waals surface area (Å²) in [6, 6.07) is 0. The van der Waals surface area contributed by atoms with Gasteiger partial charge in [-0.25, -0.2) is 4.79 Å². The quantitative estimate of drug-likeness (QED) is 0.432. The molecule has 0 saturated heterocycles. The van der Waals surface area contributed by atoms with Gasteiger partial charge in [0, 0.05) is 6.42 Å². The van der Waals surface area contributed by atoms with Crippen LogP contribution in [0.25, 0.3) is 0 Å². The summed E-state index contributed by atoms with van der Waals surface area (Å²) in [5.41, 5.74) is 0.735. The fourth-order valence-electron chi connectivity index (χ4n) is 3.33. The Bertz CT molecular complexity index is 425. The molecule has 1 fully saturated rings. The van der Waals surface area contributed by atoms with E-state index in [9.17, 15) is 4.79 Å². The summed E-state index contributed by atoms with van der Waals surface area (Å²) in [5.74, 6) is 0.617. The van der Waals surface area contributed by atoms with E-state index in [1.165, 1.54) is 26.4 Å². The van der Waals surface area contributed by atoms with E-state index in [0.717, 1.165) is 43.4 Å². The third-order valence-corrected chi connectivity index (χ3v) is 5.30. The fourth-order valence-corrected chi connectivity index (χ4v) is 4.51. The van der Waals surface area contributed by atoms with Gasteiger partial charge in [0.25, 0.3) is 0 Å². The first-order valence-corrected chi connectivity index (χ1v) is 12.0. The van der Waals surface area contributed by atoms with Crippen molar-refractivity contribution in [2.24, 2.45) is 0 Å². The highest BCUT2D eigenvalue weighted by molar-refractivity contribution is 6.69. The molecule has 5 heteroatoms. The van der Waals surface area contributed by atoms with Crippen LogP contribution in [0.15, 0.2) is 11.3 Å². The predicted octanol–water partition coefficient (Wildman–Crippen LogP) is 4.17. The second-order valence-corrected chi connectivity index (χ2v) is 11.8. The number of carbonyl (C=O) groups excluding carboxylic acids is 1. The third-order valence-electron chi connectivity index (χ3n) is 4.29. The summed E-state index contributed by atoms with van der Waals surface area (Å²) >= 11 is 0. The first-order valence-electron chi connectivity index (χ1n) is 8.55. The molecule has 0 radical (unpaired) electrons. The Labute approximate surface area is 135 Å². The second-order valence-electron chi connectivity index (χ2n) is 7.31. The van der Waals surface area contributed by atoms with Crippen molar-refractivity contribution in [3.8, 4) is 0 Å². The Balaban J connectivity index is 2.11. The van der Waals surface area contributed by atoms with Crippen LogP contribution in [0, 0.1) is 0 Å². The SMILES string of the molecule is COC(=O)C1=C(O[C@H]2CCCCC[C@@H]2O[Si](C)(C)C)CCC1. The molecule has 4 nitrogen and oxygen atoms in total. The number of methoxy groups -OCH3 is 1. The van der Waals surface area contributed by atoms with Gasteiger partial charge in [-0.05, 0) is 51.7 Å². The molecule has 2 aliphatic rings. The van der Waals surface area contributed by atoms with Gasteiger partial charge >= 0.3 is 5.97 Å². The van der Waals surface area contributed by atoms with E-state index < -0.39 is 8.32 Å². The van der Waals surface area contributed by atoms with Crippen LogP contribution in [0.3, 0.4) is 0 Å². The summed E-state index contributed by atoms with van der Waals surface area (Å²) < 4.78 is 17.6. The highest BCUT2D eigenvalue weighted by Crippen LogP contribution is 2.33. The number of esters is 1. The van der Waals surface area contributed by atoms with E-state index in [2.05, 4.69) is 19.6 Å². The molecular formula is C17H30O4Si. The number of hydrogen-bond donors (Lipinski definition) is 0. The lowest BCUT2D eigenvalue weighted by Gasteiger charge is -2.32. The van der Waals surface area contributed by atoms with E-state index >= 15 is 0 Å². The number of rotatable bonds is 5. The zero-order chi connectivity index (χ0) is 16.2. The minimum Gasteiger partial charge on any atom is -0.492 e. The van der Waals surface area contributed by atoms with Gasteiger partial charge in [-0.15, -0.1) is 0 Å². The molecule has 2 rings (SSSR count). The number of allylic oxidation sites excluding steroid dienone is 1. The summed E-state index contributed by atoms with van der Waals surface area (Å²) in [7, 11) is -0.159. The van der Waals surface area contributed by atoms with Crippen molar-refractivity contribution in [1.82, 2.24) is 0 Å². The molecule has 0 amide bonds. The molecule has 0 spiro atoms. The summed E-state index contributed by atoms with van der Waals surface area (Å²) in [5, 5.41) is 0. The first-order chi connectivity index (χ1) is 10.4. The van der Waals surface area contributed by atoms with Gasteiger partial charge in [0.15, 0.2) is 8.32 Å². The average Bonchev–Trinajstić information content (AvgIpc) is 2.80. The van der Waals surface area contributed by atoms with Gasteiger partial charge in [-0.3, -0.25) is 0 Å². The van der Waals surface area contributed by atoms with Crippen molar-refractivity contribution in [2.75, 3.05) is 7.11 Å². The van der Waals surface area contributed by atoms with Crippen LogP contribution in [0.4, 0.5) is 0 Å². The maximum Gasteiger partial charge on any atom is 0.337 e. The maximum atomic E-state index is 11.9. The standard InChI is InChI=1S/C17H30O4Si/c1-19-17(18)13-9-8-12-14(13)20-15-10-6-5-7-11-16(15)21-22(2,3)4/h15-16H,5-12H2,1-4H3/t15-,16-/m0/s1. The van der Waals surface area contributed by atoms with E-state index in [-0.39, 0.29) is 18.2 Å². The van der Waals surface area contributed by atoms with Gasteiger partial charge in [-0.1, -0.05) is 12.8 Å². The molecule has 1 saturated carbocycles. The topological polar surface area (TPSA) is 44.8 Å². The third kappa shape index (κ3) is 4.85.